The molecule has 0 saturated heterocycles. The number of halogens is 5. The lowest BCUT2D eigenvalue weighted by atomic mass is 10.0. The SMILES string of the molecule is O=C(O)C(F)(F)F.O=S(=O)(Nc1ccc2cc1CCc1cccc(c1)Nc1ncc(Cl)c(n1)N2)c1ccc(Cl)cc1. The summed E-state index contributed by atoms with van der Waals surface area (Å²) in [5, 5.41) is 14.4. The summed E-state index contributed by atoms with van der Waals surface area (Å²) < 4.78 is 60.5. The highest BCUT2D eigenvalue weighted by atomic mass is 35.5. The van der Waals surface area contributed by atoms with Crippen LogP contribution in [0.4, 0.5) is 42.0 Å². The average molecular weight is 626 g/mol. The van der Waals surface area contributed by atoms with Crippen LogP contribution in [0.15, 0.2) is 77.8 Å². The van der Waals surface area contributed by atoms with Crippen LogP contribution in [0.2, 0.25) is 10.0 Å². The van der Waals surface area contributed by atoms with E-state index in [0.717, 1.165) is 22.5 Å². The zero-order valence-corrected chi connectivity index (χ0v) is 23.0. The molecular formula is C26H20Cl2F3N5O4S. The summed E-state index contributed by atoms with van der Waals surface area (Å²) in [7, 11) is -3.79. The van der Waals surface area contributed by atoms with Gasteiger partial charge in [-0.1, -0.05) is 35.3 Å². The van der Waals surface area contributed by atoms with E-state index in [-0.39, 0.29) is 4.90 Å². The normalized spacial score (nSPS) is 12.6. The van der Waals surface area contributed by atoms with Gasteiger partial charge in [-0.3, -0.25) is 4.72 Å². The zero-order valence-electron chi connectivity index (χ0n) is 20.7. The van der Waals surface area contributed by atoms with Crippen molar-refractivity contribution >= 4 is 68.0 Å². The molecule has 9 nitrogen and oxygen atoms in total. The number of aromatic nitrogens is 2. The van der Waals surface area contributed by atoms with Crippen molar-refractivity contribution < 1.29 is 31.5 Å². The van der Waals surface area contributed by atoms with E-state index in [1.165, 1.54) is 18.3 Å². The highest BCUT2D eigenvalue weighted by Gasteiger charge is 2.38. The predicted octanol–water partition coefficient (Wildman–Crippen LogP) is 6.80. The lowest BCUT2D eigenvalue weighted by molar-refractivity contribution is -0.192. The first-order chi connectivity index (χ1) is 19.3. The number of rotatable bonds is 3. The molecule has 0 amide bonds. The lowest BCUT2D eigenvalue weighted by Gasteiger charge is -2.15. The van der Waals surface area contributed by atoms with Crippen LogP contribution in [0.3, 0.4) is 0 Å². The number of aryl methyl sites for hydroxylation is 2. The van der Waals surface area contributed by atoms with E-state index < -0.39 is 22.2 Å². The van der Waals surface area contributed by atoms with Gasteiger partial charge in [-0.15, -0.1) is 0 Å². The quantitative estimate of drug-likeness (QED) is 0.195. The third kappa shape index (κ3) is 7.99. The molecule has 1 aromatic heterocycles. The molecule has 0 atom stereocenters. The second-order valence-electron chi connectivity index (χ2n) is 8.57. The molecule has 2 heterocycles. The minimum absolute atomic E-state index is 0.134. The Kier molecular flexibility index (Phi) is 8.90. The number of carboxylic acid groups (broad SMARTS) is 1. The monoisotopic (exact) mass is 625 g/mol. The number of nitrogens with one attached hydrogen (secondary N) is 3. The van der Waals surface area contributed by atoms with Crippen LogP contribution >= 0.6 is 23.2 Å². The summed E-state index contributed by atoms with van der Waals surface area (Å²) in [6.45, 7) is 0. The molecule has 15 heteroatoms. The number of carboxylic acids is 1. The molecule has 0 radical (unpaired) electrons. The van der Waals surface area contributed by atoms with Crippen molar-refractivity contribution in [2.45, 2.75) is 23.9 Å². The molecule has 0 fully saturated rings. The Morgan fingerprint density at radius 2 is 1.63 bits per heavy atom. The van der Waals surface area contributed by atoms with E-state index >= 15 is 0 Å². The van der Waals surface area contributed by atoms with Crippen LogP contribution in [-0.4, -0.2) is 35.6 Å². The molecule has 1 aliphatic rings. The van der Waals surface area contributed by atoms with Crippen molar-refractivity contribution in [2.75, 3.05) is 15.4 Å². The zero-order chi connectivity index (χ0) is 29.8. The second-order valence-corrected chi connectivity index (χ2v) is 11.1. The number of alkyl halides is 3. The number of hydrogen-bond donors (Lipinski definition) is 4. The van der Waals surface area contributed by atoms with Gasteiger partial charge >= 0.3 is 12.1 Å². The van der Waals surface area contributed by atoms with Gasteiger partial charge in [0.2, 0.25) is 5.95 Å². The van der Waals surface area contributed by atoms with E-state index in [0.29, 0.717) is 40.3 Å². The van der Waals surface area contributed by atoms with E-state index in [1.54, 1.807) is 24.3 Å². The van der Waals surface area contributed by atoms with Crippen molar-refractivity contribution in [3.05, 3.63) is 94.1 Å². The Morgan fingerprint density at radius 1 is 0.951 bits per heavy atom. The van der Waals surface area contributed by atoms with Crippen molar-refractivity contribution in [1.82, 2.24) is 9.97 Å². The molecule has 214 valence electrons. The van der Waals surface area contributed by atoms with Crippen molar-refractivity contribution in [3.8, 4) is 0 Å². The molecule has 41 heavy (non-hydrogen) atoms. The van der Waals surface area contributed by atoms with E-state index in [4.69, 9.17) is 33.1 Å². The number of nitrogens with zero attached hydrogens (tertiary/aromatic N) is 2. The topological polar surface area (TPSA) is 133 Å². The van der Waals surface area contributed by atoms with Crippen LogP contribution in [-0.2, 0) is 27.7 Å². The van der Waals surface area contributed by atoms with Gasteiger partial charge in [-0.25, -0.2) is 18.2 Å². The number of sulfonamides is 1. The largest absolute Gasteiger partial charge is 0.490 e. The van der Waals surface area contributed by atoms with E-state index in [2.05, 4.69) is 25.3 Å². The fourth-order valence-corrected chi connectivity index (χ4v) is 5.02. The first kappa shape index (κ1) is 29.9. The molecule has 4 N–H and O–H groups in total. The maximum Gasteiger partial charge on any atom is 0.490 e. The molecule has 0 spiro atoms. The Bertz CT molecular complexity index is 1690. The van der Waals surface area contributed by atoms with Gasteiger partial charge in [-0.05, 0) is 78.6 Å². The summed E-state index contributed by atoms with van der Waals surface area (Å²) >= 11 is 12.2. The minimum atomic E-state index is -5.08. The first-order valence-corrected chi connectivity index (χ1v) is 13.9. The van der Waals surface area contributed by atoms with Gasteiger partial charge in [-0.2, -0.15) is 18.2 Å². The number of anilines is 5. The fraction of sp³-hybridized carbons (Fsp3) is 0.115. The summed E-state index contributed by atoms with van der Waals surface area (Å²) in [6.07, 6.45) is -2.25. The number of fused-ring (bicyclic) bond motifs is 6. The van der Waals surface area contributed by atoms with Crippen LogP contribution in [0, 0.1) is 0 Å². The van der Waals surface area contributed by atoms with E-state index in [9.17, 15) is 21.6 Å². The summed E-state index contributed by atoms with van der Waals surface area (Å²) in [6, 6.07) is 19.4. The molecule has 1 aliphatic heterocycles. The number of hydrogen-bond acceptors (Lipinski definition) is 7. The fourth-order valence-electron chi connectivity index (χ4n) is 3.66. The number of benzene rings is 3. The smallest absolute Gasteiger partial charge is 0.475 e. The maximum absolute atomic E-state index is 13.0. The average Bonchev–Trinajstić information content (AvgIpc) is 2.91. The summed E-state index contributed by atoms with van der Waals surface area (Å²) in [5.41, 5.74) is 3.98. The Balaban J connectivity index is 0.000000493. The van der Waals surface area contributed by atoms with Gasteiger partial charge in [0.15, 0.2) is 5.82 Å². The van der Waals surface area contributed by atoms with Crippen molar-refractivity contribution in [1.29, 1.82) is 0 Å². The molecule has 6 bridgehead atoms. The van der Waals surface area contributed by atoms with Gasteiger partial charge in [0.1, 0.15) is 5.02 Å². The van der Waals surface area contributed by atoms with Crippen LogP contribution in [0.1, 0.15) is 11.1 Å². The van der Waals surface area contributed by atoms with E-state index in [1.807, 2.05) is 30.3 Å². The van der Waals surface area contributed by atoms with Gasteiger partial charge in [0, 0.05) is 16.4 Å². The van der Waals surface area contributed by atoms with Gasteiger partial charge < -0.3 is 15.7 Å². The molecule has 3 aromatic carbocycles. The Hall–Kier alpha value is -4.07. The maximum atomic E-state index is 13.0. The Labute approximate surface area is 242 Å². The van der Waals surface area contributed by atoms with Crippen molar-refractivity contribution in [3.63, 3.8) is 0 Å². The van der Waals surface area contributed by atoms with Crippen LogP contribution in [0.25, 0.3) is 0 Å². The van der Waals surface area contributed by atoms with Crippen LogP contribution < -0.4 is 15.4 Å². The Morgan fingerprint density at radius 3 is 2.32 bits per heavy atom. The van der Waals surface area contributed by atoms with Crippen molar-refractivity contribution in [2.24, 2.45) is 0 Å². The molecule has 0 saturated carbocycles. The number of aliphatic carboxylic acids is 1. The lowest BCUT2D eigenvalue weighted by Crippen LogP contribution is -2.21. The molecule has 0 unspecified atom stereocenters. The summed E-state index contributed by atoms with van der Waals surface area (Å²) in [5.74, 6) is -1.90. The highest BCUT2D eigenvalue weighted by Crippen LogP contribution is 2.30. The third-order valence-electron chi connectivity index (χ3n) is 5.59. The number of carbonyl (C=O) groups is 1. The highest BCUT2D eigenvalue weighted by molar-refractivity contribution is 7.92. The molecule has 0 aliphatic carbocycles. The molecule has 5 rings (SSSR count). The van der Waals surface area contributed by atoms with Crippen LogP contribution in [0.5, 0.6) is 0 Å². The predicted molar refractivity (Wildman–Crippen MR) is 150 cm³/mol. The van der Waals surface area contributed by atoms with Gasteiger partial charge in [0.05, 0.1) is 16.8 Å². The first-order valence-electron chi connectivity index (χ1n) is 11.7. The second kappa shape index (κ2) is 12.2. The van der Waals surface area contributed by atoms with Gasteiger partial charge in [0.25, 0.3) is 10.0 Å². The molecule has 4 aromatic rings. The summed E-state index contributed by atoms with van der Waals surface area (Å²) in [4.78, 5) is 17.8. The standard InChI is InChI=1S/C24H19Cl2N5O2S.C2HF3O2/c25-17-6-9-20(10-7-17)34(32,33)31-22-11-8-19-13-16(22)5-4-15-2-1-3-18(12-15)29-24-27-14-21(26)23(28-19)30-24;3-2(4,5)1(6)7/h1-3,6-14,31H,4-5H2,(H2,27,28,29,30);(H,6,7). The molecular weight excluding hydrogens is 606 g/mol. The third-order valence-corrected chi connectivity index (χ3v) is 7.50. The minimum Gasteiger partial charge on any atom is -0.475 e.